The van der Waals surface area contributed by atoms with Crippen molar-refractivity contribution in [2.45, 2.75) is 32.7 Å². The van der Waals surface area contributed by atoms with E-state index in [1.807, 2.05) is 6.92 Å². The van der Waals surface area contributed by atoms with E-state index in [0.29, 0.717) is 34.1 Å². The van der Waals surface area contributed by atoms with E-state index in [4.69, 9.17) is 5.11 Å². The van der Waals surface area contributed by atoms with E-state index in [9.17, 15) is 17.7 Å². The molecule has 0 aliphatic heterocycles. The van der Waals surface area contributed by atoms with Crippen molar-refractivity contribution in [1.29, 1.82) is 0 Å². The van der Waals surface area contributed by atoms with E-state index in [1.165, 1.54) is 18.3 Å². The van der Waals surface area contributed by atoms with Crippen LogP contribution >= 0.6 is 7.14 Å². The van der Waals surface area contributed by atoms with Crippen molar-refractivity contribution in [1.82, 2.24) is 15.0 Å². The number of benzene rings is 1. The van der Waals surface area contributed by atoms with Gasteiger partial charge in [-0.05, 0) is 32.6 Å². The van der Waals surface area contributed by atoms with Crippen molar-refractivity contribution >= 4 is 29.3 Å². The number of aromatic nitrogens is 3. The Morgan fingerprint density at radius 2 is 2.00 bits per heavy atom. The fourth-order valence-electron chi connectivity index (χ4n) is 3.20. The maximum Gasteiger partial charge on any atom is 0.298 e. The number of halogens is 3. The molecule has 2 atom stereocenters. The number of aryl methyl sites for hydroxylation is 1. The zero-order valence-electron chi connectivity index (χ0n) is 17.7. The Morgan fingerprint density at radius 1 is 1.29 bits per heavy atom. The van der Waals surface area contributed by atoms with Crippen LogP contribution in [0.1, 0.15) is 36.8 Å². The van der Waals surface area contributed by atoms with E-state index >= 15 is 0 Å². The van der Waals surface area contributed by atoms with Crippen LogP contribution in [0.25, 0.3) is 10.9 Å². The largest absolute Gasteiger partial charge is 0.390 e. The van der Waals surface area contributed by atoms with Crippen molar-refractivity contribution < 1.29 is 22.8 Å². The normalized spacial score (nSPS) is 15.0. The number of anilines is 1. The Balaban J connectivity index is 2.06. The molecule has 1 aromatic carbocycles. The number of aliphatic hydroxyl groups is 1. The monoisotopic (exact) mass is 452 g/mol. The van der Waals surface area contributed by atoms with Gasteiger partial charge in [0.1, 0.15) is 36.6 Å². The molecule has 31 heavy (non-hydrogen) atoms. The Kier molecular flexibility index (Phi) is 6.39. The third kappa shape index (κ3) is 4.57. The zero-order chi connectivity index (χ0) is 23.0. The first kappa shape index (κ1) is 23.2. The zero-order valence-corrected chi connectivity index (χ0v) is 18.6. The maximum atomic E-state index is 14.9. The lowest BCUT2D eigenvalue weighted by Crippen LogP contribution is -2.22. The molecule has 0 saturated heterocycles. The van der Waals surface area contributed by atoms with Crippen LogP contribution in [-0.4, -0.2) is 39.5 Å². The van der Waals surface area contributed by atoms with Gasteiger partial charge in [0.25, 0.3) is 5.92 Å². The summed E-state index contributed by atoms with van der Waals surface area (Å²) in [5, 5.41) is 12.5. The predicted octanol–water partition coefficient (Wildman–Crippen LogP) is 4.37. The summed E-state index contributed by atoms with van der Waals surface area (Å²) >= 11 is 0. The molecule has 10 heteroatoms. The predicted molar refractivity (Wildman–Crippen MR) is 115 cm³/mol. The highest BCUT2D eigenvalue weighted by Gasteiger charge is 2.35. The smallest absolute Gasteiger partial charge is 0.298 e. The van der Waals surface area contributed by atoms with Crippen LogP contribution in [0.4, 0.5) is 19.0 Å². The summed E-state index contributed by atoms with van der Waals surface area (Å²) in [5.41, 5.74) is 0.0785. The van der Waals surface area contributed by atoms with Gasteiger partial charge in [-0.2, -0.15) is 8.78 Å². The second-order valence-corrected chi connectivity index (χ2v) is 10.8. The van der Waals surface area contributed by atoms with E-state index in [0.717, 1.165) is 6.07 Å². The van der Waals surface area contributed by atoms with Gasteiger partial charge in [0.2, 0.25) is 0 Å². The number of hydrogen-bond donors (Lipinski definition) is 2. The van der Waals surface area contributed by atoms with Gasteiger partial charge in [0.05, 0.1) is 23.3 Å². The number of alkyl halides is 2. The molecule has 0 amide bonds. The van der Waals surface area contributed by atoms with Crippen molar-refractivity contribution in [2.75, 3.05) is 24.8 Å². The highest BCUT2D eigenvalue weighted by atomic mass is 31.2. The van der Waals surface area contributed by atoms with Crippen LogP contribution in [0, 0.1) is 12.7 Å². The summed E-state index contributed by atoms with van der Waals surface area (Å²) in [6.45, 7) is 5.27. The average Bonchev–Trinajstić information content (AvgIpc) is 2.73. The molecule has 2 unspecified atom stereocenters. The number of fused-ring (bicyclic) bond motifs is 1. The molecule has 0 radical (unpaired) electrons. The summed E-state index contributed by atoms with van der Waals surface area (Å²) in [7, 11) is -2.65. The van der Waals surface area contributed by atoms with Crippen molar-refractivity contribution in [3.63, 3.8) is 0 Å². The fourth-order valence-corrected chi connectivity index (χ4v) is 4.23. The second-order valence-electron chi connectivity index (χ2n) is 7.53. The first-order valence-electron chi connectivity index (χ1n) is 9.75. The number of rotatable bonds is 7. The van der Waals surface area contributed by atoms with Gasteiger partial charge in [-0.25, -0.2) is 14.4 Å². The number of pyridine rings is 1. The molecule has 6 nitrogen and oxygen atoms in total. The Hall–Kier alpha value is -2.51. The van der Waals surface area contributed by atoms with E-state index in [1.54, 1.807) is 26.6 Å². The van der Waals surface area contributed by atoms with E-state index in [-0.39, 0.29) is 5.56 Å². The van der Waals surface area contributed by atoms with Crippen LogP contribution in [0.3, 0.4) is 0 Å². The standard InChI is InChI=1S/C21H24F3N4O2P/c1-5-31(4,30)18-9-15-17(10-25-18)27-13(3)28-20(15)26-12(2)14-7-6-8-16(19(14)22)21(23,24)11-29/h6-10,12,29H,5,11H2,1-4H3,(H,26,27,28). The van der Waals surface area contributed by atoms with Crippen LogP contribution < -0.4 is 10.8 Å². The van der Waals surface area contributed by atoms with Crippen LogP contribution in [0.5, 0.6) is 0 Å². The summed E-state index contributed by atoms with van der Waals surface area (Å²) < 4.78 is 55.5. The first-order valence-corrected chi connectivity index (χ1v) is 12.1. The minimum absolute atomic E-state index is 0.000888. The van der Waals surface area contributed by atoms with Gasteiger partial charge < -0.3 is 15.0 Å². The second kappa shape index (κ2) is 8.55. The lowest BCUT2D eigenvalue weighted by molar-refractivity contribution is -0.0583. The summed E-state index contributed by atoms with van der Waals surface area (Å²) in [4.78, 5) is 13.0. The van der Waals surface area contributed by atoms with Gasteiger partial charge in [0, 0.05) is 17.1 Å². The highest BCUT2D eigenvalue weighted by molar-refractivity contribution is 7.70. The summed E-state index contributed by atoms with van der Waals surface area (Å²) in [6.07, 6.45) is 1.96. The minimum atomic E-state index is -3.69. The van der Waals surface area contributed by atoms with Crippen LogP contribution in [-0.2, 0) is 10.5 Å². The van der Waals surface area contributed by atoms with Gasteiger partial charge in [0.15, 0.2) is 0 Å². The molecular weight excluding hydrogens is 428 g/mol. The van der Waals surface area contributed by atoms with Crippen molar-refractivity contribution in [3.05, 3.63) is 53.2 Å². The molecule has 2 aromatic heterocycles. The third-order valence-corrected chi connectivity index (χ3v) is 7.63. The average molecular weight is 452 g/mol. The number of nitrogens with zero attached hydrogens (tertiary/aromatic N) is 3. The number of hydrogen-bond acceptors (Lipinski definition) is 6. The number of aliphatic hydroxyl groups excluding tert-OH is 1. The maximum absolute atomic E-state index is 14.9. The molecule has 2 N–H and O–H groups in total. The summed E-state index contributed by atoms with van der Waals surface area (Å²) in [6, 6.07) is 4.58. The Morgan fingerprint density at radius 3 is 2.65 bits per heavy atom. The molecule has 3 aromatic rings. The molecular formula is C21H24F3N4O2P. The molecule has 0 bridgehead atoms. The first-order chi connectivity index (χ1) is 14.5. The highest BCUT2D eigenvalue weighted by Crippen LogP contribution is 2.39. The molecule has 2 heterocycles. The van der Waals surface area contributed by atoms with Crippen molar-refractivity contribution in [2.24, 2.45) is 0 Å². The third-order valence-electron chi connectivity index (χ3n) is 5.21. The molecule has 3 rings (SSSR count). The lowest BCUT2D eigenvalue weighted by Gasteiger charge is -2.21. The molecule has 0 saturated carbocycles. The Bertz CT molecular complexity index is 1170. The minimum Gasteiger partial charge on any atom is -0.390 e. The molecule has 0 aliphatic rings. The molecule has 0 fully saturated rings. The number of nitrogens with one attached hydrogen (secondary N) is 1. The SMILES string of the molecule is CCP(C)(=O)c1cc2c(NC(C)c3cccc(C(F)(F)CO)c3F)nc(C)nc2cn1. The van der Waals surface area contributed by atoms with Crippen LogP contribution in [0.15, 0.2) is 30.5 Å². The van der Waals surface area contributed by atoms with Gasteiger partial charge >= 0.3 is 0 Å². The van der Waals surface area contributed by atoms with Gasteiger partial charge in [-0.1, -0.05) is 19.1 Å². The van der Waals surface area contributed by atoms with E-state index < -0.39 is 37.1 Å². The molecule has 166 valence electrons. The van der Waals surface area contributed by atoms with Crippen molar-refractivity contribution in [3.8, 4) is 0 Å². The van der Waals surface area contributed by atoms with Crippen LogP contribution in [0.2, 0.25) is 0 Å². The quantitative estimate of drug-likeness (QED) is 0.518. The van der Waals surface area contributed by atoms with Gasteiger partial charge in [-0.15, -0.1) is 0 Å². The van der Waals surface area contributed by atoms with E-state index in [2.05, 4.69) is 20.3 Å². The van der Waals surface area contributed by atoms with Gasteiger partial charge in [-0.3, -0.25) is 4.98 Å². The molecule has 0 spiro atoms. The summed E-state index contributed by atoms with van der Waals surface area (Å²) in [5.74, 6) is -3.99. The lowest BCUT2D eigenvalue weighted by atomic mass is 10.00. The topological polar surface area (TPSA) is 88.0 Å². The molecule has 0 aliphatic carbocycles. The fraction of sp³-hybridized carbons (Fsp3) is 0.381. The Labute approximate surface area is 178 Å².